The molecule has 0 spiro atoms. The van der Waals surface area contributed by atoms with Crippen molar-refractivity contribution >= 4 is 17.4 Å². The fourth-order valence-corrected chi connectivity index (χ4v) is 2.60. The molecular weight excluding hydrogens is 226 g/mol. The topological polar surface area (TPSA) is 64.9 Å². The van der Waals surface area contributed by atoms with Crippen LogP contribution in [0.25, 0.3) is 0 Å². The Morgan fingerprint density at radius 3 is 2.81 bits per heavy atom. The van der Waals surface area contributed by atoms with Crippen LogP contribution in [0.3, 0.4) is 0 Å². The number of aliphatic hydroxyl groups is 1. The molecule has 16 heavy (non-hydrogen) atoms. The van der Waals surface area contributed by atoms with Gasteiger partial charge in [0.05, 0.1) is 5.02 Å². The van der Waals surface area contributed by atoms with E-state index in [1.54, 1.807) is 6.07 Å². The summed E-state index contributed by atoms with van der Waals surface area (Å²) in [6, 6.07) is 7.21. The van der Waals surface area contributed by atoms with Crippen LogP contribution in [-0.4, -0.2) is 17.0 Å². The summed E-state index contributed by atoms with van der Waals surface area (Å²) in [6.07, 6.45) is 1.07. The Hall–Kier alpha value is -0.900. The number of carbonyl (C=O) groups excluding carboxylic acids is 1. The van der Waals surface area contributed by atoms with Crippen LogP contribution in [0.5, 0.6) is 0 Å². The van der Waals surface area contributed by atoms with Gasteiger partial charge in [0.15, 0.2) is 5.54 Å². The van der Waals surface area contributed by atoms with Crippen LogP contribution in [0.1, 0.15) is 24.8 Å². The van der Waals surface area contributed by atoms with Gasteiger partial charge in [0.2, 0.25) is 5.78 Å². The quantitative estimate of drug-likeness (QED) is 0.766. The zero-order valence-corrected chi connectivity index (χ0v) is 9.70. The highest BCUT2D eigenvalue weighted by Crippen LogP contribution is 2.34. The van der Waals surface area contributed by atoms with E-state index in [-0.39, 0.29) is 5.78 Å². The second-order valence-corrected chi connectivity index (χ2v) is 4.74. The molecule has 1 aromatic carbocycles. The van der Waals surface area contributed by atoms with Crippen LogP contribution >= 0.6 is 11.6 Å². The van der Waals surface area contributed by atoms with Crippen LogP contribution in [0, 0.1) is 0 Å². The van der Waals surface area contributed by atoms with Gasteiger partial charge in [-0.2, -0.15) is 0 Å². The minimum absolute atomic E-state index is 0.216. The zero-order chi connectivity index (χ0) is 11.8. The maximum absolute atomic E-state index is 12.0. The molecule has 3 nitrogen and oxygen atoms in total. The Morgan fingerprint density at radius 2 is 2.12 bits per heavy atom. The fraction of sp³-hybridized carbons (Fsp3) is 0.417. The second-order valence-electron chi connectivity index (χ2n) is 4.33. The van der Waals surface area contributed by atoms with Gasteiger partial charge in [-0.3, -0.25) is 4.79 Å². The predicted molar refractivity (Wildman–Crippen MR) is 60.9 cm³/mol. The lowest BCUT2D eigenvalue weighted by Gasteiger charge is -2.31. The Balaban J connectivity index is 2.45. The summed E-state index contributed by atoms with van der Waals surface area (Å²) in [5.41, 5.74) is 3.84. The average Bonchev–Trinajstić information content (AvgIpc) is 2.26. The number of hydrogen-bond donors (Lipinski definition) is 2. The van der Waals surface area contributed by atoms with Gasteiger partial charge in [-0.05, 0) is 18.9 Å². The van der Waals surface area contributed by atoms with Gasteiger partial charge < -0.3 is 10.8 Å². The lowest BCUT2D eigenvalue weighted by molar-refractivity contribution is -0.472. The van der Waals surface area contributed by atoms with E-state index in [1.165, 1.54) is 0 Å². The molecule has 4 heteroatoms. The molecule has 4 N–H and O–H groups in total. The predicted octanol–water partition coefficient (Wildman–Crippen LogP) is 0.891. The average molecular weight is 241 g/mol. The highest BCUT2D eigenvalue weighted by molar-refractivity contribution is 6.31. The molecule has 1 saturated carbocycles. The fourth-order valence-electron chi connectivity index (χ4n) is 2.29. The molecule has 1 fully saturated rings. The van der Waals surface area contributed by atoms with Gasteiger partial charge in [0.1, 0.15) is 6.10 Å². The van der Waals surface area contributed by atoms with Crippen molar-refractivity contribution in [1.29, 1.82) is 0 Å². The first kappa shape index (κ1) is 11.6. The molecule has 0 bridgehead atoms. The molecule has 1 aromatic rings. The monoisotopic (exact) mass is 240 g/mol. The number of quaternary nitrogens is 1. The van der Waals surface area contributed by atoms with E-state index in [0.29, 0.717) is 17.9 Å². The van der Waals surface area contributed by atoms with Gasteiger partial charge in [0.25, 0.3) is 0 Å². The smallest absolute Gasteiger partial charge is 0.225 e. The highest BCUT2D eigenvalue weighted by atomic mass is 35.5. The molecule has 1 aliphatic carbocycles. The van der Waals surface area contributed by atoms with Gasteiger partial charge in [-0.15, -0.1) is 0 Å². The Labute approximate surface area is 99.2 Å². The van der Waals surface area contributed by atoms with E-state index in [0.717, 1.165) is 12.0 Å². The SMILES string of the molecule is [NH3+][C@@]1(c2ccccc2Cl)CCC[C@@H](O)C1=O. The number of carbonyl (C=O) groups is 1. The maximum Gasteiger partial charge on any atom is 0.225 e. The molecular formula is C12H15ClNO2+. The zero-order valence-electron chi connectivity index (χ0n) is 8.95. The minimum Gasteiger partial charge on any atom is -0.385 e. The molecule has 0 heterocycles. The largest absolute Gasteiger partial charge is 0.385 e. The Bertz CT molecular complexity index is 421. The Kier molecular flexibility index (Phi) is 3.02. The number of rotatable bonds is 1. The van der Waals surface area contributed by atoms with Crippen LogP contribution in [-0.2, 0) is 10.3 Å². The molecule has 86 valence electrons. The first-order valence-electron chi connectivity index (χ1n) is 5.38. The summed E-state index contributed by atoms with van der Waals surface area (Å²) in [6.45, 7) is 0. The normalized spacial score (nSPS) is 30.4. The molecule has 0 aliphatic heterocycles. The number of aliphatic hydroxyl groups excluding tert-OH is 1. The third-order valence-corrected chi connectivity index (χ3v) is 3.57. The summed E-state index contributed by atoms with van der Waals surface area (Å²) in [5.74, 6) is -0.216. The lowest BCUT2D eigenvalue weighted by atomic mass is 9.75. The molecule has 0 unspecified atom stereocenters. The molecule has 1 aliphatic rings. The summed E-state index contributed by atoms with van der Waals surface area (Å²) < 4.78 is 0. The standard InChI is InChI=1S/C12H14ClNO2/c13-9-5-2-1-4-8(9)12(14)7-3-6-10(15)11(12)16/h1-2,4-5,10,15H,3,6-7,14H2/p+1/t10-,12-/m1/s1. The summed E-state index contributed by atoms with van der Waals surface area (Å²) in [4.78, 5) is 12.0. The van der Waals surface area contributed by atoms with Crippen molar-refractivity contribution in [1.82, 2.24) is 0 Å². The number of Topliss-reactive ketones (excluding diaryl/α,β-unsaturated/α-hetero) is 1. The van der Waals surface area contributed by atoms with Crippen molar-refractivity contribution in [3.63, 3.8) is 0 Å². The first-order valence-corrected chi connectivity index (χ1v) is 5.76. The number of benzene rings is 1. The van der Waals surface area contributed by atoms with Crippen molar-refractivity contribution in [2.45, 2.75) is 30.9 Å². The maximum atomic E-state index is 12.0. The van der Waals surface area contributed by atoms with Gasteiger partial charge in [0, 0.05) is 12.0 Å². The van der Waals surface area contributed by atoms with Crippen molar-refractivity contribution in [2.24, 2.45) is 0 Å². The summed E-state index contributed by atoms with van der Waals surface area (Å²) >= 11 is 6.09. The number of halogens is 1. The van der Waals surface area contributed by atoms with Crippen molar-refractivity contribution in [3.8, 4) is 0 Å². The van der Waals surface area contributed by atoms with Crippen molar-refractivity contribution in [2.75, 3.05) is 0 Å². The van der Waals surface area contributed by atoms with Crippen molar-refractivity contribution in [3.05, 3.63) is 34.9 Å². The molecule has 2 atom stereocenters. The van der Waals surface area contributed by atoms with E-state index < -0.39 is 11.6 Å². The van der Waals surface area contributed by atoms with E-state index in [4.69, 9.17) is 11.6 Å². The van der Waals surface area contributed by atoms with Crippen LogP contribution in [0.15, 0.2) is 24.3 Å². The summed E-state index contributed by atoms with van der Waals surface area (Å²) in [7, 11) is 0. The van der Waals surface area contributed by atoms with Crippen LogP contribution < -0.4 is 5.73 Å². The summed E-state index contributed by atoms with van der Waals surface area (Å²) in [5, 5.41) is 10.2. The number of hydrogen-bond acceptors (Lipinski definition) is 2. The van der Waals surface area contributed by atoms with E-state index in [2.05, 4.69) is 5.73 Å². The van der Waals surface area contributed by atoms with E-state index in [9.17, 15) is 9.90 Å². The van der Waals surface area contributed by atoms with Gasteiger partial charge in [-0.1, -0.05) is 29.8 Å². The van der Waals surface area contributed by atoms with Gasteiger partial charge in [-0.25, -0.2) is 0 Å². The third-order valence-electron chi connectivity index (χ3n) is 3.24. The third kappa shape index (κ3) is 1.75. The molecule has 0 saturated heterocycles. The first-order chi connectivity index (χ1) is 7.55. The Morgan fingerprint density at radius 1 is 1.44 bits per heavy atom. The van der Waals surface area contributed by atoms with Crippen LogP contribution in [0.4, 0.5) is 0 Å². The lowest BCUT2D eigenvalue weighted by Crippen LogP contribution is -2.76. The molecule has 0 radical (unpaired) electrons. The van der Waals surface area contributed by atoms with Crippen molar-refractivity contribution < 1.29 is 15.6 Å². The number of ketones is 1. The minimum atomic E-state index is -0.900. The van der Waals surface area contributed by atoms with E-state index in [1.807, 2.05) is 18.2 Å². The highest BCUT2D eigenvalue weighted by Gasteiger charge is 2.47. The molecule has 0 amide bonds. The molecule has 0 aromatic heterocycles. The second kappa shape index (κ2) is 4.17. The molecule has 2 rings (SSSR count). The van der Waals surface area contributed by atoms with E-state index >= 15 is 0 Å². The van der Waals surface area contributed by atoms with Crippen LogP contribution in [0.2, 0.25) is 5.02 Å². The van der Waals surface area contributed by atoms with Gasteiger partial charge >= 0.3 is 0 Å².